The summed E-state index contributed by atoms with van der Waals surface area (Å²) in [6, 6.07) is 6.26. The fourth-order valence-electron chi connectivity index (χ4n) is 1.94. The van der Waals surface area contributed by atoms with Gasteiger partial charge in [0.15, 0.2) is 0 Å². The molecule has 1 aliphatic rings. The maximum atomic E-state index is 5.63. The standard InChI is InChI=1S/C12H17BrN2O/c1-16-12-7-9(13)4-5-10(12)11(15-14)6-8-2-3-8/h4-5,7-8,11,15H,2-3,6,14H2,1H3. The van der Waals surface area contributed by atoms with Gasteiger partial charge < -0.3 is 4.74 Å². The lowest BCUT2D eigenvalue weighted by molar-refractivity contribution is 0.392. The minimum Gasteiger partial charge on any atom is -0.496 e. The van der Waals surface area contributed by atoms with Crippen molar-refractivity contribution in [1.82, 2.24) is 5.43 Å². The number of nitrogens with one attached hydrogen (secondary N) is 1. The Hall–Kier alpha value is -0.580. The molecule has 0 aromatic heterocycles. The van der Waals surface area contributed by atoms with Crippen LogP contribution < -0.4 is 16.0 Å². The van der Waals surface area contributed by atoms with Crippen molar-refractivity contribution < 1.29 is 4.74 Å². The van der Waals surface area contributed by atoms with Crippen LogP contribution >= 0.6 is 15.9 Å². The van der Waals surface area contributed by atoms with E-state index in [2.05, 4.69) is 27.4 Å². The smallest absolute Gasteiger partial charge is 0.124 e. The quantitative estimate of drug-likeness (QED) is 0.646. The molecule has 0 saturated heterocycles. The lowest BCUT2D eigenvalue weighted by Gasteiger charge is -2.19. The number of nitrogens with two attached hydrogens (primary N) is 1. The molecule has 2 rings (SSSR count). The highest BCUT2D eigenvalue weighted by Crippen LogP contribution is 2.39. The first-order chi connectivity index (χ1) is 7.74. The Morgan fingerprint density at radius 2 is 2.31 bits per heavy atom. The Kier molecular flexibility index (Phi) is 3.84. The van der Waals surface area contributed by atoms with Gasteiger partial charge in [0.25, 0.3) is 0 Å². The summed E-state index contributed by atoms with van der Waals surface area (Å²) in [6.45, 7) is 0. The Balaban J connectivity index is 2.21. The van der Waals surface area contributed by atoms with Gasteiger partial charge in [0.2, 0.25) is 0 Å². The lowest BCUT2D eigenvalue weighted by atomic mass is 10.0. The van der Waals surface area contributed by atoms with E-state index in [9.17, 15) is 0 Å². The number of rotatable bonds is 5. The van der Waals surface area contributed by atoms with Crippen molar-refractivity contribution in [2.45, 2.75) is 25.3 Å². The van der Waals surface area contributed by atoms with E-state index in [4.69, 9.17) is 10.6 Å². The maximum Gasteiger partial charge on any atom is 0.124 e. The van der Waals surface area contributed by atoms with Crippen LogP contribution in [-0.2, 0) is 0 Å². The first-order valence-electron chi connectivity index (χ1n) is 5.54. The van der Waals surface area contributed by atoms with Crippen molar-refractivity contribution >= 4 is 15.9 Å². The molecule has 1 unspecified atom stereocenters. The first kappa shape index (κ1) is 11.9. The van der Waals surface area contributed by atoms with E-state index in [1.165, 1.54) is 12.8 Å². The van der Waals surface area contributed by atoms with E-state index in [1.54, 1.807) is 7.11 Å². The fourth-order valence-corrected chi connectivity index (χ4v) is 2.28. The maximum absolute atomic E-state index is 5.63. The van der Waals surface area contributed by atoms with Crippen molar-refractivity contribution in [3.05, 3.63) is 28.2 Å². The van der Waals surface area contributed by atoms with E-state index in [0.717, 1.165) is 28.1 Å². The summed E-state index contributed by atoms with van der Waals surface area (Å²) in [7, 11) is 1.69. The van der Waals surface area contributed by atoms with Crippen molar-refractivity contribution in [1.29, 1.82) is 0 Å². The van der Waals surface area contributed by atoms with Gasteiger partial charge in [-0.15, -0.1) is 0 Å². The number of hydrogen-bond donors (Lipinski definition) is 2. The van der Waals surface area contributed by atoms with E-state index in [0.29, 0.717) is 0 Å². The van der Waals surface area contributed by atoms with Gasteiger partial charge in [0, 0.05) is 16.1 Å². The van der Waals surface area contributed by atoms with Crippen LogP contribution in [0.4, 0.5) is 0 Å². The Labute approximate surface area is 104 Å². The topological polar surface area (TPSA) is 47.3 Å². The summed E-state index contributed by atoms with van der Waals surface area (Å²) >= 11 is 3.44. The summed E-state index contributed by atoms with van der Waals surface area (Å²) in [4.78, 5) is 0. The van der Waals surface area contributed by atoms with Gasteiger partial charge in [-0.05, 0) is 24.5 Å². The number of hydrogen-bond acceptors (Lipinski definition) is 3. The monoisotopic (exact) mass is 284 g/mol. The molecule has 3 nitrogen and oxygen atoms in total. The number of ether oxygens (including phenoxy) is 1. The van der Waals surface area contributed by atoms with E-state index >= 15 is 0 Å². The third kappa shape index (κ3) is 2.75. The molecule has 16 heavy (non-hydrogen) atoms. The van der Waals surface area contributed by atoms with E-state index in [-0.39, 0.29) is 6.04 Å². The minimum absolute atomic E-state index is 0.190. The highest BCUT2D eigenvalue weighted by molar-refractivity contribution is 9.10. The molecule has 0 spiro atoms. The number of benzene rings is 1. The average molecular weight is 285 g/mol. The minimum atomic E-state index is 0.190. The highest BCUT2D eigenvalue weighted by Gasteiger charge is 2.27. The lowest BCUT2D eigenvalue weighted by Crippen LogP contribution is -2.28. The van der Waals surface area contributed by atoms with Gasteiger partial charge in [-0.3, -0.25) is 11.3 Å². The van der Waals surface area contributed by atoms with Crippen LogP contribution in [0.15, 0.2) is 22.7 Å². The highest BCUT2D eigenvalue weighted by atomic mass is 79.9. The second-order valence-electron chi connectivity index (χ2n) is 4.28. The van der Waals surface area contributed by atoms with Crippen LogP contribution in [0, 0.1) is 5.92 Å². The van der Waals surface area contributed by atoms with Crippen molar-refractivity contribution in [3.63, 3.8) is 0 Å². The predicted molar refractivity (Wildman–Crippen MR) is 68.1 cm³/mol. The molecule has 1 saturated carbocycles. The molecule has 0 heterocycles. The average Bonchev–Trinajstić information content (AvgIpc) is 3.10. The molecule has 3 N–H and O–H groups in total. The van der Waals surface area contributed by atoms with Gasteiger partial charge in [0.05, 0.1) is 7.11 Å². The largest absolute Gasteiger partial charge is 0.496 e. The van der Waals surface area contributed by atoms with E-state index < -0.39 is 0 Å². The van der Waals surface area contributed by atoms with Crippen molar-refractivity contribution in [3.8, 4) is 5.75 Å². The first-order valence-corrected chi connectivity index (χ1v) is 6.33. The zero-order chi connectivity index (χ0) is 11.5. The molecular weight excluding hydrogens is 268 g/mol. The van der Waals surface area contributed by atoms with Gasteiger partial charge in [-0.2, -0.15) is 0 Å². The van der Waals surface area contributed by atoms with Gasteiger partial charge in [0.1, 0.15) is 5.75 Å². The van der Waals surface area contributed by atoms with Crippen LogP contribution in [0.25, 0.3) is 0 Å². The zero-order valence-electron chi connectivity index (χ0n) is 9.37. The predicted octanol–water partition coefficient (Wildman–Crippen LogP) is 2.76. The SMILES string of the molecule is COc1cc(Br)ccc1C(CC1CC1)NN. The molecule has 1 aromatic carbocycles. The number of halogens is 1. The van der Waals surface area contributed by atoms with Crippen LogP contribution in [0.3, 0.4) is 0 Å². The van der Waals surface area contributed by atoms with Crippen LogP contribution in [0.2, 0.25) is 0 Å². The van der Waals surface area contributed by atoms with E-state index in [1.807, 2.05) is 12.1 Å². The molecule has 88 valence electrons. The molecule has 4 heteroatoms. The molecule has 0 bridgehead atoms. The second kappa shape index (κ2) is 5.17. The fraction of sp³-hybridized carbons (Fsp3) is 0.500. The van der Waals surface area contributed by atoms with Crippen LogP contribution in [0.5, 0.6) is 5.75 Å². The van der Waals surface area contributed by atoms with Crippen LogP contribution in [0.1, 0.15) is 30.9 Å². The molecule has 1 aromatic rings. The molecule has 1 aliphatic carbocycles. The summed E-state index contributed by atoms with van der Waals surface area (Å²) in [5.74, 6) is 7.34. The molecule has 0 radical (unpaired) electrons. The third-order valence-electron chi connectivity index (χ3n) is 3.04. The van der Waals surface area contributed by atoms with Gasteiger partial charge in [-0.25, -0.2) is 0 Å². The summed E-state index contributed by atoms with van der Waals surface area (Å²) in [5.41, 5.74) is 4.03. The zero-order valence-corrected chi connectivity index (χ0v) is 11.0. The van der Waals surface area contributed by atoms with Gasteiger partial charge >= 0.3 is 0 Å². The summed E-state index contributed by atoms with van der Waals surface area (Å²) in [6.07, 6.45) is 3.75. The summed E-state index contributed by atoms with van der Waals surface area (Å²) < 4.78 is 6.41. The third-order valence-corrected chi connectivity index (χ3v) is 3.53. The summed E-state index contributed by atoms with van der Waals surface area (Å²) in [5, 5.41) is 0. The molecule has 0 aliphatic heterocycles. The Morgan fingerprint density at radius 3 is 2.88 bits per heavy atom. The molecular formula is C12H17BrN2O. The van der Waals surface area contributed by atoms with Gasteiger partial charge in [-0.1, -0.05) is 34.8 Å². The Morgan fingerprint density at radius 1 is 1.56 bits per heavy atom. The number of hydrazine groups is 1. The number of methoxy groups -OCH3 is 1. The Bertz CT molecular complexity index is 366. The second-order valence-corrected chi connectivity index (χ2v) is 5.20. The molecule has 0 amide bonds. The van der Waals surface area contributed by atoms with Crippen molar-refractivity contribution in [2.24, 2.45) is 11.8 Å². The van der Waals surface area contributed by atoms with Crippen LogP contribution in [-0.4, -0.2) is 7.11 Å². The molecule has 1 fully saturated rings. The van der Waals surface area contributed by atoms with Crippen molar-refractivity contribution in [2.75, 3.05) is 7.11 Å². The normalized spacial score (nSPS) is 17.2. The molecule has 1 atom stereocenters.